The van der Waals surface area contributed by atoms with Gasteiger partial charge in [-0.1, -0.05) is 68.8 Å². The second-order valence-electron chi connectivity index (χ2n) is 9.45. The highest BCUT2D eigenvalue weighted by Crippen LogP contribution is 2.39. The van der Waals surface area contributed by atoms with Crippen molar-refractivity contribution in [2.45, 2.75) is 52.7 Å². The van der Waals surface area contributed by atoms with Gasteiger partial charge in [-0.25, -0.2) is 4.79 Å². The first-order chi connectivity index (χ1) is 15.6. The molecule has 1 amide bonds. The van der Waals surface area contributed by atoms with Crippen LogP contribution in [0.3, 0.4) is 0 Å². The van der Waals surface area contributed by atoms with Crippen LogP contribution in [0.4, 0.5) is 4.79 Å². The van der Waals surface area contributed by atoms with Crippen LogP contribution in [0.2, 0.25) is 5.02 Å². The lowest BCUT2D eigenvalue weighted by Gasteiger charge is -2.23. The zero-order chi connectivity index (χ0) is 23.8. The molecule has 1 aliphatic heterocycles. The minimum absolute atomic E-state index is 0.0587. The van der Waals surface area contributed by atoms with Crippen LogP contribution < -0.4 is 10.1 Å². The Morgan fingerprint density at radius 1 is 1.15 bits per heavy atom. The zero-order valence-corrected chi connectivity index (χ0v) is 20.4. The average Bonchev–Trinajstić information content (AvgIpc) is 3.18. The van der Waals surface area contributed by atoms with Crippen molar-refractivity contribution < 1.29 is 14.3 Å². The number of cyclic esters (lactones) is 1. The highest BCUT2D eigenvalue weighted by Gasteiger charge is 2.30. The molecular formula is C27H29ClN2O3. The van der Waals surface area contributed by atoms with Crippen LogP contribution in [0.15, 0.2) is 48.5 Å². The maximum absolute atomic E-state index is 11.7. The van der Waals surface area contributed by atoms with Gasteiger partial charge in [0.05, 0.1) is 17.8 Å². The summed E-state index contributed by atoms with van der Waals surface area (Å²) in [5.74, 6) is 0.651. The number of amides is 1. The van der Waals surface area contributed by atoms with E-state index in [1.54, 1.807) is 0 Å². The van der Waals surface area contributed by atoms with Crippen molar-refractivity contribution in [1.82, 2.24) is 10.3 Å². The Morgan fingerprint density at radius 2 is 1.88 bits per heavy atom. The van der Waals surface area contributed by atoms with Crippen molar-refractivity contribution in [2.75, 3.05) is 6.54 Å². The van der Waals surface area contributed by atoms with Crippen LogP contribution in [-0.4, -0.2) is 17.6 Å². The molecule has 0 unspecified atom stereocenters. The Hall–Kier alpha value is -3.05. The maximum atomic E-state index is 11.7. The lowest BCUT2D eigenvalue weighted by atomic mass is 9.85. The van der Waals surface area contributed by atoms with E-state index in [2.05, 4.69) is 39.1 Å². The van der Waals surface area contributed by atoms with Crippen LogP contribution in [0.1, 0.15) is 54.8 Å². The number of aromatic nitrogens is 1. The summed E-state index contributed by atoms with van der Waals surface area (Å²) in [6.45, 7) is 11.2. The van der Waals surface area contributed by atoms with E-state index in [4.69, 9.17) is 26.1 Å². The molecule has 0 spiro atoms. The van der Waals surface area contributed by atoms with Gasteiger partial charge in [-0.3, -0.25) is 4.98 Å². The van der Waals surface area contributed by atoms with Crippen molar-refractivity contribution in [3.63, 3.8) is 0 Å². The summed E-state index contributed by atoms with van der Waals surface area (Å²) >= 11 is 6.68. The number of carbonyl (C=O) groups excluding carboxylic acids is 1. The first-order valence-electron chi connectivity index (χ1n) is 11.1. The number of alkyl carbamates (subject to hydrolysis) is 1. The molecule has 0 bridgehead atoms. The smallest absolute Gasteiger partial charge is 0.407 e. The molecule has 172 valence electrons. The largest absolute Gasteiger partial charge is 0.488 e. The van der Waals surface area contributed by atoms with Gasteiger partial charge < -0.3 is 14.8 Å². The molecule has 0 radical (unpaired) electrons. The normalized spacial score (nSPS) is 15.8. The van der Waals surface area contributed by atoms with Gasteiger partial charge in [-0.05, 0) is 42.0 Å². The van der Waals surface area contributed by atoms with Crippen LogP contribution in [0.5, 0.6) is 5.75 Å². The summed E-state index contributed by atoms with van der Waals surface area (Å²) in [5.41, 5.74) is 6.45. The number of halogens is 1. The quantitative estimate of drug-likeness (QED) is 0.457. The number of hydrogen-bond acceptors (Lipinski definition) is 4. The average molecular weight is 465 g/mol. The number of nitrogens with zero attached hydrogens (tertiary/aromatic N) is 1. The summed E-state index contributed by atoms with van der Waals surface area (Å²) in [7, 11) is 0. The molecule has 1 N–H and O–H groups in total. The molecule has 3 aromatic rings. The molecule has 4 rings (SSSR count). The second kappa shape index (κ2) is 9.06. The molecule has 5 nitrogen and oxygen atoms in total. The van der Waals surface area contributed by atoms with E-state index in [9.17, 15) is 4.79 Å². The number of ether oxygens (including phenoxy) is 2. The number of carbonyl (C=O) groups is 1. The van der Waals surface area contributed by atoms with E-state index in [1.165, 1.54) is 0 Å². The fraction of sp³-hybridized carbons (Fsp3) is 0.333. The Kier molecular flexibility index (Phi) is 6.35. The molecular weight excluding hydrogens is 436 g/mol. The topological polar surface area (TPSA) is 60.5 Å². The third-order valence-electron chi connectivity index (χ3n) is 5.85. The third kappa shape index (κ3) is 4.98. The molecule has 33 heavy (non-hydrogen) atoms. The van der Waals surface area contributed by atoms with Gasteiger partial charge >= 0.3 is 6.09 Å². The Bertz CT molecular complexity index is 1190. The van der Waals surface area contributed by atoms with E-state index in [0.717, 1.165) is 39.2 Å². The Balaban J connectivity index is 1.78. The summed E-state index contributed by atoms with van der Waals surface area (Å²) in [4.78, 5) is 16.6. The first kappa shape index (κ1) is 23.1. The van der Waals surface area contributed by atoms with E-state index < -0.39 is 12.2 Å². The number of benzene rings is 2. The van der Waals surface area contributed by atoms with Crippen molar-refractivity contribution >= 4 is 17.7 Å². The lowest BCUT2D eigenvalue weighted by molar-refractivity contribution is 0.138. The summed E-state index contributed by atoms with van der Waals surface area (Å²) in [6, 6.07) is 16.0. The molecule has 6 heteroatoms. The second-order valence-corrected chi connectivity index (χ2v) is 9.86. The lowest BCUT2D eigenvalue weighted by Crippen LogP contribution is -2.14. The van der Waals surface area contributed by atoms with Crippen LogP contribution in [-0.2, 0) is 16.8 Å². The predicted octanol–water partition coefficient (Wildman–Crippen LogP) is 6.68. The van der Waals surface area contributed by atoms with Gasteiger partial charge in [0.2, 0.25) is 0 Å². The summed E-state index contributed by atoms with van der Waals surface area (Å²) < 4.78 is 11.7. The van der Waals surface area contributed by atoms with E-state index in [-0.39, 0.29) is 5.41 Å². The van der Waals surface area contributed by atoms with Crippen molar-refractivity contribution in [2.24, 2.45) is 0 Å². The SMILES string of the molecule is Cc1cc(C(C)(C)C)c(Cl)cc1-c1cc(OCc2ccccc2)c([C@@H]2CNC(=O)O2)c(C)n1. The fourth-order valence-corrected chi connectivity index (χ4v) is 4.57. The molecule has 1 fully saturated rings. The Labute approximate surface area is 200 Å². The molecule has 2 aromatic carbocycles. The van der Waals surface area contributed by atoms with Gasteiger partial charge in [0.1, 0.15) is 12.4 Å². The molecule has 1 atom stereocenters. The van der Waals surface area contributed by atoms with Gasteiger partial charge in [0.15, 0.2) is 6.10 Å². The van der Waals surface area contributed by atoms with Crippen molar-refractivity contribution in [3.8, 4) is 17.0 Å². The molecule has 1 aromatic heterocycles. The van der Waals surface area contributed by atoms with Crippen molar-refractivity contribution in [1.29, 1.82) is 0 Å². The van der Waals surface area contributed by atoms with Gasteiger partial charge in [0.25, 0.3) is 0 Å². The van der Waals surface area contributed by atoms with Gasteiger partial charge in [-0.15, -0.1) is 0 Å². The number of hydrogen-bond donors (Lipinski definition) is 1. The molecule has 1 saturated heterocycles. The standard InChI is InChI=1S/C27H29ClN2O3/c1-16-11-20(27(3,4)5)21(28)12-19(16)22-13-23(32-15-18-9-7-6-8-10-18)25(17(2)30-22)24-14-29-26(31)33-24/h6-13,24H,14-15H2,1-5H3,(H,29,31)/t24-/m0/s1. The predicted molar refractivity (Wildman–Crippen MR) is 131 cm³/mol. The number of pyridine rings is 1. The van der Waals surface area contributed by atoms with Crippen LogP contribution in [0.25, 0.3) is 11.3 Å². The summed E-state index contributed by atoms with van der Waals surface area (Å²) in [5, 5.41) is 3.43. The maximum Gasteiger partial charge on any atom is 0.407 e. The number of nitrogens with one attached hydrogen (secondary N) is 1. The van der Waals surface area contributed by atoms with Crippen molar-refractivity contribution in [3.05, 3.63) is 81.5 Å². The Morgan fingerprint density at radius 3 is 2.52 bits per heavy atom. The molecule has 1 aliphatic rings. The summed E-state index contributed by atoms with van der Waals surface area (Å²) in [6.07, 6.45) is -0.879. The number of aryl methyl sites for hydroxylation is 2. The van der Waals surface area contributed by atoms with Crippen LogP contribution in [0, 0.1) is 13.8 Å². The highest BCUT2D eigenvalue weighted by atomic mass is 35.5. The molecule has 0 saturated carbocycles. The van der Waals surface area contributed by atoms with E-state index in [0.29, 0.717) is 23.9 Å². The first-order valence-corrected chi connectivity index (χ1v) is 11.4. The van der Waals surface area contributed by atoms with Gasteiger partial charge in [-0.2, -0.15) is 0 Å². The van der Waals surface area contributed by atoms with E-state index in [1.807, 2.05) is 49.4 Å². The third-order valence-corrected chi connectivity index (χ3v) is 6.16. The molecule has 0 aliphatic carbocycles. The zero-order valence-electron chi connectivity index (χ0n) is 19.7. The highest BCUT2D eigenvalue weighted by molar-refractivity contribution is 6.31. The molecule has 2 heterocycles. The number of rotatable bonds is 5. The monoisotopic (exact) mass is 464 g/mol. The minimum atomic E-state index is -0.447. The van der Waals surface area contributed by atoms with E-state index >= 15 is 0 Å². The fourth-order valence-electron chi connectivity index (χ4n) is 4.12. The minimum Gasteiger partial charge on any atom is -0.488 e. The van der Waals surface area contributed by atoms with Gasteiger partial charge in [0, 0.05) is 22.3 Å². The van der Waals surface area contributed by atoms with Crippen LogP contribution >= 0.6 is 11.6 Å².